The number of aromatic nitrogens is 1. The SMILES string of the molecule is COc1cc(N)c(-c2nc3ccccc3s2)cc1OC. The molecular weight excluding hydrogens is 272 g/mol. The maximum absolute atomic E-state index is 6.11. The summed E-state index contributed by atoms with van der Waals surface area (Å²) in [6, 6.07) is 11.7. The Labute approximate surface area is 120 Å². The van der Waals surface area contributed by atoms with Gasteiger partial charge in [-0.15, -0.1) is 11.3 Å². The molecule has 0 unspecified atom stereocenters. The standard InChI is InChI=1S/C15H14N2O2S/c1-18-12-7-9(10(16)8-13(12)19-2)15-17-11-5-3-4-6-14(11)20-15/h3-8H,16H2,1-2H3. The summed E-state index contributed by atoms with van der Waals surface area (Å²) >= 11 is 1.61. The Morgan fingerprint density at radius 1 is 1.05 bits per heavy atom. The van der Waals surface area contributed by atoms with Crippen LogP contribution in [-0.2, 0) is 0 Å². The molecule has 2 aromatic carbocycles. The molecule has 0 saturated carbocycles. The van der Waals surface area contributed by atoms with E-state index in [9.17, 15) is 0 Å². The lowest BCUT2D eigenvalue weighted by Crippen LogP contribution is -1.95. The van der Waals surface area contributed by atoms with Crippen LogP contribution < -0.4 is 15.2 Å². The van der Waals surface area contributed by atoms with E-state index >= 15 is 0 Å². The van der Waals surface area contributed by atoms with E-state index in [0.29, 0.717) is 17.2 Å². The quantitative estimate of drug-likeness (QED) is 0.748. The van der Waals surface area contributed by atoms with Crippen molar-refractivity contribution in [2.24, 2.45) is 0 Å². The van der Waals surface area contributed by atoms with E-state index in [0.717, 1.165) is 20.8 Å². The maximum atomic E-state index is 6.11. The monoisotopic (exact) mass is 286 g/mol. The van der Waals surface area contributed by atoms with E-state index in [1.807, 2.05) is 30.3 Å². The van der Waals surface area contributed by atoms with Crippen LogP contribution in [0.2, 0.25) is 0 Å². The Morgan fingerprint density at radius 2 is 1.75 bits per heavy atom. The average molecular weight is 286 g/mol. The van der Waals surface area contributed by atoms with Gasteiger partial charge in [0.1, 0.15) is 5.01 Å². The lowest BCUT2D eigenvalue weighted by atomic mass is 10.1. The first-order chi connectivity index (χ1) is 9.72. The summed E-state index contributed by atoms with van der Waals surface area (Å²) in [6.45, 7) is 0. The first-order valence-corrected chi connectivity index (χ1v) is 6.92. The van der Waals surface area contributed by atoms with Gasteiger partial charge in [0, 0.05) is 17.3 Å². The summed E-state index contributed by atoms with van der Waals surface area (Å²) in [5.41, 5.74) is 8.57. The number of rotatable bonds is 3. The van der Waals surface area contributed by atoms with Gasteiger partial charge in [-0.2, -0.15) is 0 Å². The lowest BCUT2D eigenvalue weighted by molar-refractivity contribution is 0.355. The molecule has 2 N–H and O–H groups in total. The fourth-order valence-electron chi connectivity index (χ4n) is 2.07. The van der Waals surface area contributed by atoms with Crippen molar-refractivity contribution in [1.29, 1.82) is 0 Å². The van der Waals surface area contributed by atoms with Gasteiger partial charge in [0.2, 0.25) is 0 Å². The van der Waals surface area contributed by atoms with E-state index < -0.39 is 0 Å². The highest BCUT2D eigenvalue weighted by Crippen LogP contribution is 2.39. The van der Waals surface area contributed by atoms with Crippen LogP contribution in [0, 0.1) is 0 Å². The number of benzene rings is 2. The second-order valence-electron chi connectivity index (χ2n) is 4.28. The molecule has 0 amide bonds. The summed E-state index contributed by atoms with van der Waals surface area (Å²) < 4.78 is 11.7. The van der Waals surface area contributed by atoms with Gasteiger partial charge < -0.3 is 15.2 Å². The maximum Gasteiger partial charge on any atom is 0.162 e. The van der Waals surface area contributed by atoms with Crippen molar-refractivity contribution in [2.75, 3.05) is 20.0 Å². The molecule has 5 heteroatoms. The minimum absolute atomic E-state index is 0.620. The molecule has 3 rings (SSSR count). The van der Waals surface area contributed by atoms with E-state index in [4.69, 9.17) is 15.2 Å². The number of nitrogens with two attached hydrogens (primary N) is 1. The molecule has 0 spiro atoms. The Hall–Kier alpha value is -2.27. The fourth-order valence-corrected chi connectivity index (χ4v) is 3.07. The van der Waals surface area contributed by atoms with Crippen LogP contribution in [0.5, 0.6) is 11.5 Å². The van der Waals surface area contributed by atoms with Crippen LogP contribution in [0.25, 0.3) is 20.8 Å². The zero-order chi connectivity index (χ0) is 14.1. The zero-order valence-corrected chi connectivity index (χ0v) is 12.0. The molecule has 0 saturated heterocycles. The highest BCUT2D eigenvalue weighted by atomic mass is 32.1. The highest BCUT2D eigenvalue weighted by Gasteiger charge is 2.14. The third-order valence-electron chi connectivity index (χ3n) is 3.08. The van der Waals surface area contributed by atoms with Gasteiger partial charge in [0.25, 0.3) is 0 Å². The van der Waals surface area contributed by atoms with Gasteiger partial charge in [-0.1, -0.05) is 12.1 Å². The summed E-state index contributed by atoms with van der Waals surface area (Å²) in [4.78, 5) is 4.62. The number of methoxy groups -OCH3 is 2. The Kier molecular flexibility index (Phi) is 3.20. The Bertz CT molecular complexity index is 735. The van der Waals surface area contributed by atoms with Gasteiger partial charge in [0.15, 0.2) is 11.5 Å². The number of hydrogen-bond donors (Lipinski definition) is 1. The molecule has 4 nitrogen and oxygen atoms in total. The van der Waals surface area contributed by atoms with Crippen LogP contribution in [0.15, 0.2) is 36.4 Å². The van der Waals surface area contributed by atoms with Gasteiger partial charge in [-0.3, -0.25) is 0 Å². The molecule has 3 aromatic rings. The van der Waals surface area contributed by atoms with Gasteiger partial charge >= 0.3 is 0 Å². The molecule has 0 aliphatic rings. The minimum Gasteiger partial charge on any atom is -0.493 e. The Balaban J connectivity index is 2.18. The van der Waals surface area contributed by atoms with Crippen molar-refractivity contribution in [1.82, 2.24) is 4.98 Å². The average Bonchev–Trinajstić information content (AvgIpc) is 2.90. The lowest BCUT2D eigenvalue weighted by Gasteiger charge is -2.10. The van der Waals surface area contributed by atoms with Crippen molar-refractivity contribution in [3.05, 3.63) is 36.4 Å². The van der Waals surface area contributed by atoms with E-state index in [2.05, 4.69) is 4.98 Å². The minimum atomic E-state index is 0.620. The number of anilines is 1. The molecule has 1 aromatic heterocycles. The summed E-state index contributed by atoms with van der Waals surface area (Å²) in [5.74, 6) is 1.27. The van der Waals surface area contributed by atoms with E-state index in [-0.39, 0.29) is 0 Å². The Morgan fingerprint density at radius 3 is 2.45 bits per heavy atom. The second kappa shape index (κ2) is 5.02. The molecule has 0 atom stereocenters. The highest BCUT2D eigenvalue weighted by molar-refractivity contribution is 7.21. The van der Waals surface area contributed by atoms with Crippen molar-refractivity contribution in [2.45, 2.75) is 0 Å². The number of ether oxygens (including phenoxy) is 2. The normalized spacial score (nSPS) is 10.7. The van der Waals surface area contributed by atoms with Crippen LogP contribution >= 0.6 is 11.3 Å². The summed E-state index contributed by atoms with van der Waals surface area (Å²) in [7, 11) is 3.20. The predicted molar refractivity (Wildman–Crippen MR) is 82.6 cm³/mol. The van der Waals surface area contributed by atoms with Crippen LogP contribution in [0.1, 0.15) is 0 Å². The number of para-hydroxylation sites is 1. The van der Waals surface area contributed by atoms with E-state index in [1.165, 1.54) is 0 Å². The smallest absolute Gasteiger partial charge is 0.162 e. The number of nitrogens with zero attached hydrogens (tertiary/aromatic N) is 1. The van der Waals surface area contributed by atoms with Gasteiger partial charge in [0.05, 0.1) is 24.4 Å². The largest absolute Gasteiger partial charge is 0.493 e. The molecular formula is C15H14N2O2S. The summed E-state index contributed by atoms with van der Waals surface area (Å²) in [6.07, 6.45) is 0. The van der Waals surface area contributed by atoms with Crippen LogP contribution in [-0.4, -0.2) is 19.2 Å². The van der Waals surface area contributed by atoms with Crippen molar-refractivity contribution < 1.29 is 9.47 Å². The third kappa shape index (κ3) is 2.06. The molecule has 20 heavy (non-hydrogen) atoms. The second-order valence-corrected chi connectivity index (χ2v) is 5.31. The van der Waals surface area contributed by atoms with Crippen molar-refractivity contribution in [3.8, 4) is 22.1 Å². The van der Waals surface area contributed by atoms with Crippen molar-refractivity contribution in [3.63, 3.8) is 0 Å². The van der Waals surface area contributed by atoms with E-state index in [1.54, 1.807) is 31.6 Å². The molecule has 0 aliphatic carbocycles. The zero-order valence-electron chi connectivity index (χ0n) is 11.2. The first-order valence-electron chi connectivity index (χ1n) is 6.10. The topological polar surface area (TPSA) is 57.4 Å². The number of fused-ring (bicyclic) bond motifs is 1. The summed E-state index contributed by atoms with van der Waals surface area (Å²) in [5, 5.41) is 0.879. The molecule has 1 heterocycles. The molecule has 102 valence electrons. The number of nitrogen functional groups attached to an aromatic ring is 1. The van der Waals surface area contributed by atoms with Crippen LogP contribution in [0.3, 0.4) is 0 Å². The molecule has 0 bridgehead atoms. The fraction of sp³-hybridized carbons (Fsp3) is 0.133. The number of thiazole rings is 1. The molecule has 0 fully saturated rings. The van der Waals surface area contributed by atoms with Gasteiger partial charge in [-0.25, -0.2) is 4.98 Å². The van der Waals surface area contributed by atoms with Crippen LogP contribution in [0.4, 0.5) is 5.69 Å². The van der Waals surface area contributed by atoms with Gasteiger partial charge in [-0.05, 0) is 18.2 Å². The first kappa shape index (κ1) is 12.7. The van der Waals surface area contributed by atoms with Crippen molar-refractivity contribution >= 4 is 27.2 Å². The third-order valence-corrected chi connectivity index (χ3v) is 4.15. The number of hydrogen-bond acceptors (Lipinski definition) is 5. The molecule has 0 aliphatic heterocycles. The molecule has 0 radical (unpaired) electrons. The predicted octanol–water partition coefficient (Wildman–Crippen LogP) is 3.56.